The van der Waals surface area contributed by atoms with Crippen molar-refractivity contribution in [2.24, 2.45) is 0 Å². The third kappa shape index (κ3) is 5.61. The van der Waals surface area contributed by atoms with E-state index in [0.717, 1.165) is 39.7 Å². The molecule has 0 aliphatic carbocycles. The van der Waals surface area contributed by atoms with Crippen molar-refractivity contribution in [3.05, 3.63) is 133 Å². The number of carbonyl (C=O) groups excluding carboxylic acids is 1. The predicted octanol–water partition coefficient (Wildman–Crippen LogP) is 5.65. The molecule has 0 unspecified atom stereocenters. The lowest BCUT2D eigenvalue weighted by atomic mass is 10.1. The standard InChI is InChI=1S/C32H23N7O/c40-32(23-14-16-27(36-21-23)31-12-6-10-29(39-31)25-8-2-4-18-34-25)37-20-22-13-15-26(35-19-22)30-11-5-9-28(38-30)24-7-1-3-17-33-24/h1-19,21H,20H2,(H,37,40). The van der Waals surface area contributed by atoms with Crippen LogP contribution < -0.4 is 5.32 Å². The van der Waals surface area contributed by atoms with Gasteiger partial charge in [-0.3, -0.25) is 24.7 Å². The molecular weight excluding hydrogens is 498 g/mol. The summed E-state index contributed by atoms with van der Waals surface area (Å²) < 4.78 is 0. The van der Waals surface area contributed by atoms with Gasteiger partial charge in [-0.25, -0.2) is 9.97 Å². The molecule has 0 radical (unpaired) electrons. The lowest BCUT2D eigenvalue weighted by Gasteiger charge is -2.08. The third-order valence-corrected chi connectivity index (χ3v) is 6.18. The Morgan fingerprint density at radius 1 is 0.500 bits per heavy atom. The van der Waals surface area contributed by atoms with E-state index in [1.807, 2.05) is 84.9 Å². The van der Waals surface area contributed by atoms with Gasteiger partial charge >= 0.3 is 0 Å². The van der Waals surface area contributed by atoms with E-state index >= 15 is 0 Å². The molecule has 0 saturated heterocycles. The Labute approximate surface area is 230 Å². The van der Waals surface area contributed by atoms with Crippen LogP contribution in [0.1, 0.15) is 15.9 Å². The minimum Gasteiger partial charge on any atom is -0.348 e. The van der Waals surface area contributed by atoms with Gasteiger partial charge in [0.2, 0.25) is 0 Å². The van der Waals surface area contributed by atoms with Crippen molar-refractivity contribution >= 4 is 5.91 Å². The lowest BCUT2D eigenvalue weighted by Crippen LogP contribution is -2.23. The Hall–Kier alpha value is -5.63. The van der Waals surface area contributed by atoms with Crippen molar-refractivity contribution in [2.45, 2.75) is 6.54 Å². The van der Waals surface area contributed by atoms with Gasteiger partial charge in [-0.15, -0.1) is 0 Å². The first-order valence-electron chi connectivity index (χ1n) is 12.7. The maximum Gasteiger partial charge on any atom is 0.253 e. The fraction of sp³-hybridized carbons (Fsp3) is 0.0312. The third-order valence-electron chi connectivity index (χ3n) is 6.18. The first kappa shape index (κ1) is 24.7. The summed E-state index contributed by atoms with van der Waals surface area (Å²) in [5.74, 6) is -0.219. The SMILES string of the molecule is O=C(NCc1ccc(-c2cccc(-c3ccccn3)n2)nc1)c1ccc(-c2cccc(-c3ccccn3)n2)nc1. The van der Waals surface area contributed by atoms with Crippen LogP contribution >= 0.6 is 0 Å². The molecule has 1 N–H and O–H groups in total. The highest BCUT2D eigenvalue weighted by molar-refractivity contribution is 5.94. The highest BCUT2D eigenvalue weighted by Crippen LogP contribution is 2.21. The molecule has 0 atom stereocenters. The van der Waals surface area contributed by atoms with Gasteiger partial charge in [0.15, 0.2) is 0 Å². The van der Waals surface area contributed by atoms with Crippen LogP contribution in [0.4, 0.5) is 0 Å². The number of nitrogens with zero attached hydrogens (tertiary/aromatic N) is 6. The van der Waals surface area contributed by atoms with Gasteiger partial charge in [0.1, 0.15) is 0 Å². The lowest BCUT2D eigenvalue weighted by molar-refractivity contribution is 0.0950. The van der Waals surface area contributed by atoms with Gasteiger partial charge in [-0.1, -0.05) is 30.3 Å². The first-order valence-corrected chi connectivity index (χ1v) is 12.7. The number of pyridine rings is 6. The highest BCUT2D eigenvalue weighted by Gasteiger charge is 2.10. The predicted molar refractivity (Wildman–Crippen MR) is 153 cm³/mol. The summed E-state index contributed by atoms with van der Waals surface area (Å²) >= 11 is 0. The average molecular weight is 522 g/mol. The molecule has 1 amide bonds. The Kier molecular flexibility index (Phi) is 7.04. The molecule has 0 bridgehead atoms. The molecule has 8 nitrogen and oxygen atoms in total. The molecule has 6 rings (SSSR count). The Morgan fingerprint density at radius 3 is 1.45 bits per heavy atom. The van der Waals surface area contributed by atoms with Crippen LogP contribution in [0.25, 0.3) is 45.6 Å². The maximum atomic E-state index is 12.8. The van der Waals surface area contributed by atoms with Crippen molar-refractivity contribution in [1.82, 2.24) is 35.2 Å². The van der Waals surface area contributed by atoms with Crippen LogP contribution in [0.15, 0.2) is 122 Å². The number of amides is 1. The second kappa shape index (κ2) is 11.4. The van der Waals surface area contributed by atoms with Crippen molar-refractivity contribution in [3.63, 3.8) is 0 Å². The summed E-state index contributed by atoms with van der Waals surface area (Å²) in [7, 11) is 0. The van der Waals surface area contributed by atoms with Crippen LogP contribution in [-0.4, -0.2) is 35.8 Å². The van der Waals surface area contributed by atoms with Gasteiger partial charge in [-0.05, 0) is 72.3 Å². The maximum absolute atomic E-state index is 12.8. The summed E-state index contributed by atoms with van der Waals surface area (Å²) in [4.78, 5) is 39.9. The summed E-state index contributed by atoms with van der Waals surface area (Å²) in [6.07, 6.45) is 6.78. The number of rotatable bonds is 7. The van der Waals surface area contributed by atoms with E-state index < -0.39 is 0 Å². The van der Waals surface area contributed by atoms with Crippen LogP contribution in [0.2, 0.25) is 0 Å². The quantitative estimate of drug-likeness (QED) is 0.289. The Bertz CT molecular complexity index is 1740. The number of carbonyl (C=O) groups is 1. The molecule has 0 aliphatic heterocycles. The van der Waals surface area contributed by atoms with Gasteiger partial charge in [0.25, 0.3) is 5.91 Å². The number of hydrogen-bond donors (Lipinski definition) is 1. The zero-order chi connectivity index (χ0) is 27.1. The fourth-order valence-corrected chi connectivity index (χ4v) is 4.11. The van der Waals surface area contributed by atoms with Crippen LogP contribution in [-0.2, 0) is 6.54 Å². The molecule has 6 aromatic rings. The minimum absolute atomic E-state index is 0.219. The van der Waals surface area contributed by atoms with Crippen LogP contribution in [0.5, 0.6) is 0 Å². The number of hydrogen-bond acceptors (Lipinski definition) is 7. The zero-order valence-electron chi connectivity index (χ0n) is 21.3. The van der Waals surface area contributed by atoms with Crippen molar-refractivity contribution in [2.75, 3.05) is 0 Å². The molecule has 6 heterocycles. The molecule has 8 heteroatoms. The van der Waals surface area contributed by atoms with E-state index in [0.29, 0.717) is 23.5 Å². The summed E-state index contributed by atoms with van der Waals surface area (Å²) in [6.45, 7) is 0.336. The van der Waals surface area contributed by atoms with Crippen LogP contribution in [0, 0.1) is 0 Å². The molecule has 0 aromatic carbocycles. The second-order valence-corrected chi connectivity index (χ2v) is 8.91. The van der Waals surface area contributed by atoms with Gasteiger partial charge in [0.05, 0.1) is 51.1 Å². The molecule has 40 heavy (non-hydrogen) atoms. The monoisotopic (exact) mass is 521 g/mol. The first-order chi connectivity index (χ1) is 19.7. The van der Waals surface area contributed by atoms with E-state index in [9.17, 15) is 4.79 Å². The normalized spacial score (nSPS) is 10.7. The Morgan fingerprint density at radius 2 is 1.00 bits per heavy atom. The van der Waals surface area contributed by atoms with E-state index in [1.165, 1.54) is 0 Å². The number of aromatic nitrogens is 6. The average Bonchev–Trinajstić information content (AvgIpc) is 3.05. The second-order valence-electron chi connectivity index (χ2n) is 8.91. The molecule has 0 fully saturated rings. The molecule has 0 aliphatic rings. The van der Waals surface area contributed by atoms with Crippen molar-refractivity contribution < 1.29 is 4.79 Å². The van der Waals surface area contributed by atoms with E-state index in [1.54, 1.807) is 36.9 Å². The molecular formula is C32H23N7O. The van der Waals surface area contributed by atoms with Crippen LogP contribution in [0.3, 0.4) is 0 Å². The summed E-state index contributed by atoms with van der Waals surface area (Å²) in [5.41, 5.74) is 7.36. The molecule has 192 valence electrons. The number of nitrogens with one attached hydrogen (secondary N) is 1. The Balaban J connectivity index is 1.09. The molecule has 6 aromatic heterocycles. The molecule has 0 saturated carbocycles. The zero-order valence-corrected chi connectivity index (χ0v) is 21.3. The van der Waals surface area contributed by atoms with Gasteiger partial charge in [0, 0.05) is 31.3 Å². The van der Waals surface area contributed by atoms with Crippen molar-refractivity contribution in [3.8, 4) is 45.6 Å². The largest absolute Gasteiger partial charge is 0.348 e. The van der Waals surface area contributed by atoms with Gasteiger partial charge in [-0.2, -0.15) is 0 Å². The smallest absolute Gasteiger partial charge is 0.253 e. The van der Waals surface area contributed by atoms with Gasteiger partial charge < -0.3 is 5.32 Å². The minimum atomic E-state index is -0.219. The highest BCUT2D eigenvalue weighted by atomic mass is 16.1. The summed E-state index contributed by atoms with van der Waals surface area (Å²) in [6, 6.07) is 30.3. The fourth-order valence-electron chi connectivity index (χ4n) is 4.11. The van der Waals surface area contributed by atoms with E-state index in [-0.39, 0.29) is 5.91 Å². The van der Waals surface area contributed by atoms with E-state index in [2.05, 4.69) is 30.2 Å². The topological polar surface area (TPSA) is 106 Å². The molecule has 0 spiro atoms. The van der Waals surface area contributed by atoms with Crippen molar-refractivity contribution in [1.29, 1.82) is 0 Å². The van der Waals surface area contributed by atoms with E-state index in [4.69, 9.17) is 4.98 Å². The summed E-state index contributed by atoms with van der Waals surface area (Å²) in [5, 5.41) is 2.93.